The van der Waals surface area contributed by atoms with E-state index in [2.05, 4.69) is 29.1 Å². The van der Waals surface area contributed by atoms with Gasteiger partial charge in [0.2, 0.25) is 20.0 Å². The Kier molecular flexibility index (Phi) is 11.7. The number of aromatic nitrogens is 6. The van der Waals surface area contributed by atoms with Crippen LogP contribution in [0.2, 0.25) is 0 Å². The molecule has 2 aliphatic rings. The molecule has 0 aliphatic carbocycles. The molecule has 2 fully saturated rings. The number of pyridine rings is 2. The van der Waals surface area contributed by atoms with Crippen LogP contribution in [0.25, 0.3) is 43.9 Å². The van der Waals surface area contributed by atoms with Crippen molar-refractivity contribution in [2.45, 2.75) is 51.6 Å². The van der Waals surface area contributed by atoms with Gasteiger partial charge in [-0.15, -0.1) is 0 Å². The maximum atomic E-state index is 11.6. The Morgan fingerprint density at radius 3 is 1.34 bits per heavy atom. The van der Waals surface area contributed by atoms with Crippen molar-refractivity contribution in [3.05, 3.63) is 61.2 Å². The zero-order valence-corrected chi connectivity index (χ0v) is 34.6. The zero-order chi connectivity index (χ0) is 36.6. The Morgan fingerprint density at radius 2 is 0.981 bits per heavy atom. The van der Waals surface area contributed by atoms with Gasteiger partial charge in [0.25, 0.3) is 0 Å². The zero-order valence-electron chi connectivity index (χ0n) is 30.0. The van der Waals surface area contributed by atoms with Gasteiger partial charge in [-0.3, -0.25) is 0 Å². The first-order chi connectivity index (χ1) is 24.9. The second-order valence-electron chi connectivity index (χ2n) is 14.1. The molecule has 4 aromatic heterocycles. The normalized spacial score (nSPS) is 16.9. The number of para-hydroxylation sites is 2. The third-order valence-electron chi connectivity index (χ3n) is 10.6. The number of nitrogens with two attached hydrogens (primary N) is 2. The minimum absolute atomic E-state index is 0. The first-order valence-electron chi connectivity index (χ1n) is 17.7. The number of hydrogen-bond acceptors (Lipinski definition) is 10. The third kappa shape index (κ3) is 8.51. The van der Waals surface area contributed by atoms with Gasteiger partial charge < -0.3 is 20.6 Å². The van der Waals surface area contributed by atoms with Gasteiger partial charge in [-0.2, -0.15) is 0 Å². The predicted molar refractivity (Wildman–Crippen MR) is 206 cm³/mol. The van der Waals surface area contributed by atoms with Gasteiger partial charge in [-0.1, -0.05) is 36.4 Å². The van der Waals surface area contributed by atoms with Gasteiger partial charge in [-0.25, -0.2) is 45.4 Å². The van der Waals surface area contributed by atoms with E-state index in [1.807, 2.05) is 61.2 Å². The van der Waals surface area contributed by atoms with E-state index in [-0.39, 0.29) is 21.1 Å². The summed E-state index contributed by atoms with van der Waals surface area (Å²) in [6.07, 6.45) is 11.9. The van der Waals surface area contributed by atoms with Crippen LogP contribution in [0, 0.1) is 11.8 Å². The van der Waals surface area contributed by atoms with Crippen LogP contribution in [0.1, 0.15) is 38.5 Å². The summed E-state index contributed by atoms with van der Waals surface area (Å²) in [6, 6.07) is 15.9. The molecule has 0 amide bonds. The van der Waals surface area contributed by atoms with Crippen LogP contribution in [0.15, 0.2) is 61.2 Å². The van der Waals surface area contributed by atoms with E-state index >= 15 is 0 Å². The minimum Gasteiger partial charge on any atom is -0.382 e. The number of sulfonamides is 2. The van der Waals surface area contributed by atoms with Crippen molar-refractivity contribution in [1.29, 1.82) is 0 Å². The number of hydrogen-bond donors (Lipinski definition) is 2. The number of nitrogens with zero attached hydrogens (tertiary/aromatic N) is 8. The summed E-state index contributed by atoms with van der Waals surface area (Å²) in [6.45, 7) is 4.16. The van der Waals surface area contributed by atoms with E-state index in [9.17, 15) is 16.8 Å². The van der Waals surface area contributed by atoms with Crippen LogP contribution in [-0.4, -0.2) is 93.2 Å². The molecule has 8 rings (SSSR count). The molecule has 0 bridgehead atoms. The molecule has 2 saturated heterocycles. The van der Waals surface area contributed by atoms with Gasteiger partial charge in [0, 0.05) is 71.1 Å². The van der Waals surface area contributed by atoms with E-state index in [0.717, 1.165) is 95.5 Å². The number of benzene rings is 2. The Bertz CT molecular complexity index is 2280. The number of piperidine rings is 2. The van der Waals surface area contributed by atoms with Crippen molar-refractivity contribution < 1.29 is 37.9 Å². The summed E-state index contributed by atoms with van der Waals surface area (Å²) >= 11 is 0. The van der Waals surface area contributed by atoms with Crippen LogP contribution in [0.4, 0.5) is 11.6 Å². The van der Waals surface area contributed by atoms with E-state index < -0.39 is 20.0 Å². The van der Waals surface area contributed by atoms with Crippen molar-refractivity contribution in [3.8, 4) is 0 Å². The Morgan fingerprint density at radius 1 is 0.623 bits per heavy atom. The number of aryl methyl sites for hydroxylation is 2. The fraction of sp³-hybridized carbons (Fsp3) is 0.444. The molecule has 53 heavy (non-hydrogen) atoms. The molecule has 0 atom stereocenters. The fourth-order valence-electron chi connectivity index (χ4n) is 7.65. The Balaban J connectivity index is 0.000000178. The number of anilines is 2. The third-order valence-corrected chi connectivity index (χ3v) is 13.2. The van der Waals surface area contributed by atoms with Crippen molar-refractivity contribution >= 4 is 75.6 Å². The first kappa shape index (κ1) is 39.0. The van der Waals surface area contributed by atoms with E-state index in [1.54, 1.807) is 8.61 Å². The SMILES string of the molecule is CS(=O)(=O)N1CCC(CCn2cnc3c(N)nc4ccccc4c32)CC1.CS(=O)(=O)N1CCC(CCn2cnc3c(N)nc4ccccc4c32)CC1.[W]. The molecule has 6 heterocycles. The molecule has 2 aliphatic heterocycles. The number of rotatable bonds is 8. The van der Waals surface area contributed by atoms with Gasteiger partial charge in [-0.05, 0) is 62.5 Å². The maximum absolute atomic E-state index is 11.6. The number of fused-ring (bicyclic) bond motifs is 6. The Hall–Kier alpha value is -3.69. The summed E-state index contributed by atoms with van der Waals surface area (Å²) in [5.74, 6) is 1.96. The fourth-order valence-corrected chi connectivity index (χ4v) is 9.40. The van der Waals surface area contributed by atoms with Crippen LogP contribution >= 0.6 is 0 Å². The smallest absolute Gasteiger partial charge is 0.211 e. The average molecular weight is 931 g/mol. The second kappa shape index (κ2) is 16.0. The maximum Gasteiger partial charge on any atom is 0.211 e. The van der Waals surface area contributed by atoms with E-state index in [4.69, 9.17) is 11.5 Å². The molecular formula is C36H46N10O4S2W. The van der Waals surface area contributed by atoms with Gasteiger partial charge in [0.1, 0.15) is 11.0 Å². The molecule has 0 unspecified atom stereocenters. The van der Waals surface area contributed by atoms with Crippen LogP contribution in [-0.2, 0) is 54.2 Å². The standard InChI is InChI=1S/2C18H23N5O2S.W/c2*1-26(24,25)23-10-7-13(8-11-23)6-9-22-12-20-16-17(22)14-4-2-3-5-15(14)21-18(16)19;/h2*2-5,12-13H,6-11H2,1H3,(H2,19,21);. The summed E-state index contributed by atoms with van der Waals surface area (Å²) in [7, 11) is -6.14. The molecule has 0 saturated carbocycles. The average Bonchev–Trinajstić information content (AvgIpc) is 3.76. The monoisotopic (exact) mass is 930 g/mol. The van der Waals surface area contributed by atoms with Crippen LogP contribution < -0.4 is 11.5 Å². The van der Waals surface area contributed by atoms with E-state index in [1.165, 1.54) is 12.5 Å². The molecule has 0 radical (unpaired) electrons. The summed E-state index contributed by atoms with van der Waals surface area (Å²) in [5, 5.41) is 2.11. The van der Waals surface area contributed by atoms with Crippen molar-refractivity contribution in [2.75, 3.05) is 50.2 Å². The van der Waals surface area contributed by atoms with Gasteiger partial charge in [0.15, 0.2) is 11.6 Å². The Labute approximate surface area is 324 Å². The largest absolute Gasteiger partial charge is 0.382 e. The summed E-state index contributed by atoms with van der Waals surface area (Å²) in [4.78, 5) is 17.8. The minimum atomic E-state index is -3.07. The van der Waals surface area contributed by atoms with Crippen LogP contribution in [0.5, 0.6) is 0 Å². The van der Waals surface area contributed by atoms with Gasteiger partial charge >= 0.3 is 0 Å². The molecule has 282 valence electrons. The molecule has 14 nitrogen and oxygen atoms in total. The summed E-state index contributed by atoms with van der Waals surface area (Å²) < 4.78 is 54.0. The molecule has 6 aromatic rings. The molecule has 17 heteroatoms. The summed E-state index contributed by atoms with van der Waals surface area (Å²) in [5.41, 5.74) is 17.5. The number of imidazole rings is 2. The van der Waals surface area contributed by atoms with Crippen molar-refractivity contribution in [2.24, 2.45) is 11.8 Å². The number of nitrogen functional groups attached to an aromatic ring is 2. The second-order valence-corrected chi connectivity index (χ2v) is 18.1. The van der Waals surface area contributed by atoms with Crippen molar-refractivity contribution in [1.82, 2.24) is 37.7 Å². The molecular weight excluding hydrogens is 884 g/mol. The van der Waals surface area contributed by atoms with E-state index in [0.29, 0.717) is 49.7 Å². The molecule has 2 aromatic carbocycles. The quantitative estimate of drug-likeness (QED) is 0.221. The molecule has 4 N–H and O–H groups in total. The molecule has 0 spiro atoms. The topological polar surface area (TPSA) is 188 Å². The van der Waals surface area contributed by atoms with Crippen LogP contribution in [0.3, 0.4) is 0 Å². The van der Waals surface area contributed by atoms with Gasteiger partial charge in [0.05, 0.1) is 47.2 Å². The predicted octanol–water partition coefficient (Wildman–Crippen LogP) is 4.45. The van der Waals surface area contributed by atoms with Crippen molar-refractivity contribution in [3.63, 3.8) is 0 Å². The first-order valence-corrected chi connectivity index (χ1v) is 21.4.